The maximum absolute atomic E-state index is 4.80. The number of aromatic nitrogens is 3. The second-order valence-electron chi connectivity index (χ2n) is 7.12. The zero-order chi connectivity index (χ0) is 17.9. The molecule has 3 nitrogen and oxygen atoms in total. The Hall–Kier alpha value is -2.81. The number of rotatable bonds is 5. The summed E-state index contributed by atoms with van der Waals surface area (Å²) in [4.78, 5) is 13.8. The molecule has 3 heteroatoms. The van der Waals surface area contributed by atoms with Gasteiger partial charge in [-0.1, -0.05) is 38.1 Å². The van der Waals surface area contributed by atoms with Crippen LogP contribution in [0.15, 0.2) is 67.0 Å². The number of para-hydroxylation sites is 2. The highest BCUT2D eigenvalue weighted by Gasteiger charge is 2.13. The molecule has 130 valence electrons. The lowest BCUT2D eigenvalue weighted by Crippen LogP contribution is -2.02. The fourth-order valence-corrected chi connectivity index (χ4v) is 3.42. The molecule has 0 saturated heterocycles. The molecular weight excluding hydrogens is 318 g/mol. The molecular formula is C23H23N3. The first-order valence-electron chi connectivity index (χ1n) is 9.27. The minimum Gasteiger partial charge on any atom is -0.256 e. The van der Waals surface area contributed by atoms with Crippen molar-refractivity contribution in [3.63, 3.8) is 0 Å². The molecule has 2 atom stereocenters. The third-order valence-corrected chi connectivity index (χ3v) is 5.20. The Morgan fingerprint density at radius 2 is 1.58 bits per heavy atom. The Morgan fingerprint density at radius 1 is 0.769 bits per heavy atom. The zero-order valence-electron chi connectivity index (χ0n) is 15.3. The molecule has 4 rings (SSSR count). The molecule has 0 N–H and O–H groups in total. The third-order valence-electron chi connectivity index (χ3n) is 5.20. The highest BCUT2D eigenvalue weighted by atomic mass is 14.8. The Morgan fingerprint density at radius 3 is 2.46 bits per heavy atom. The first-order chi connectivity index (χ1) is 12.7. The topological polar surface area (TPSA) is 38.7 Å². The lowest BCUT2D eigenvalue weighted by Gasteiger charge is -2.16. The molecule has 4 aromatic rings. The van der Waals surface area contributed by atoms with E-state index in [2.05, 4.69) is 48.1 Å². The van der Waals surface area contributed by atoms with Crippen LogP contribution in [0.25, 0.3) is 21.9 Å². The van der Waals surface area contributed by atoms with Crippen LogP contribution < -0.4 is 0 Å². The SMILES string of the molecule is CC(CCC(C)c1cnc2ccccc2n1)c1ccc2ncccc2c1. The van der Waals surface area contributed by atoms with Crippen molar-refractivity contribution in [1.82, 2.24) is 15.0 Å². The summed E-state index contributed by atoms with van der Waals surface area (Å²) in [5.74, 6) is 0.909. The van der Waals surface area contributed by atoms with Crippen molar-refractivity contribution in [1.29, 1.82) is 0 Å². The number of benzene rings is 2. The maximum atomic E-state index is 4.80. The van der Waals surface area contributed by atoms with Gasteiger partial charge in [0.15, 0.2) is 0 Å². The van der Waals surface area contributed by atoms with Crippen LogP contribution in [0.5, 0.6) is 0 Å². The summed E-state index contributed by atoms with van der Waals surface area (Å²) < 4.78 is 0. The summed E-state index contributed by atoms with van der Waals surface area (Å²) in [5.41, 5.74) is 5.46. The molecule has 26 heavy (non-hydrogen) atoms. The molecule has 0 saturated carbocycles. The summed E-state index contributed by atoms with van der Waals surface area (Å²) >= 11 is 0. The monoisotopic (exact) mass is 341 g/mol. The van der Waals surface area contributed by atoms with E-state index in [4.69, 9.17) is 4.98 Å². The standard InChI is InChI=1S/C23H23N3/c1-16(18-11-12-20-19(14-18)6-5-13-24-20)9-10-17(2)23-15-25-21-7-3-4-8-22(21)26-23/h3-8,11-17H,9-10H2,1-2H3. The van der Waals surface area contributed by atoms with Gasteiger partial charge in [0.25, 0.3) is 0 Å². The minimum absolute atomic E-state index is 0.400. The van der Waals surface area contributed by atoms with Gasteiger partial charge in [0.1, 0.15) is 0 Å². The number of pyridine rings is 1. The van der Waals surface area contributed by atoms with Gasteiger partial charge >= 0.3 is 0 Å². The number of fused-ring (bicyclic) bond motifs is 2. The van der Waals surface area contributed by atoms with E-state index in [1.54, 1.807) is 0 Å². The smallest absolute Gasteiger partial charge is 0.0890 e. The van der Waals surface area contributed by atoms with Crippen LogP contribution >= 0.6 is 0 Å². The fraction of sp³-hybridized carbons (Fsp3) is 0.261. The zero-order valence-corrected chi connectivity index (χ0v) is 15.3. The van der Waals surface area contributed by atoms with E-state index in [-0.39, 0.29) is 0 Å². The summed E-state index contributed by atoms with van der Waals surface area (Å²) in [5, 5.41) is 1.21. The van der Waals surface area contributed by atoms with E-state index in [1.807, 2.05) is 42.7 Å². The van der Waals surface area contributed by atoms with Crippen LogP contribution in [0.2, 0.25) is 0 Å². The van der Waals surface area contributed by atoms with Crippen LogP contribution in [0.1, 0.15) is 49.8 Å². The van der Waals surface area contributed by atoms with Crippen LogP contribution in [0.4, 0.5) is 0 Å². The van der Waals surface area contributed by atoms with Crippen molar-refractivity contribution in [3.05, 3.63) is 78.2 Å². The van der Waals surface area contributed by atoms with Crippen LogP contribution in [0, 0.1) is 0 Å². The molecule has 2 aromatic heterocycles. The predicted octanol–water partition coefficient (Wildman–Crippen LogP) is 5.87. The molecule has 2 heterocycles. The van der Waals surface area contributed by atoms with Gasteiger partial charge in [-0.2, -0.15) is 0 Å². The first kappa shape index (κ1) is 16.6. The van der Waals surface area contributed by atoms with E-state index in [9.17, 15) is 0 Å². The van der Waals surface area contributed by atoms with E-state index in [0.29, 0.717) is 11.8 Å². The van der Waals surface area contributed by atoms with Gasteiger partial charge in [-0.15, -0.1) is 0 Å². The molecule has 0 bridgehead atoms. The molecule has 0 aliphatic heterocycles. The van der Waals surface area contributed by atoms with E-state index in [1.165, 1.54) is 10.9 Å². The molecule has 0 aliphatic carbocycles. The van der Waals surface area contributed by atoms with E-state index < -0.39 is 0 Å². The normalized spacial score (nSPS) is 13.8. The maximum Gasteiger partial charge on any atom is 0.0890 e. The van der Waals surface area contributed by atoms with Gasteiger partial charge in [0.05, 0.1) is 22.2 Å². The number of hydrogen-bond acceptors (Lipinski definition) is 3. The lowest BCUT2D eigenvalue weighted by atomic mass is 9.90. The molecule has 0 fully saturated rings. The minimum atomic E-state index is 0.400. The quantitative estimate of drug-likeness (QED) is 0.456. The number of hydrogen-bond donors (Lipinski definition) is 0. The van der Waals surface area contributed by atoms with Crippen molar-refractivity contribution in [2.24, 2.45) is 0 Å². The molecule has 2 unspecified atom stereocenters. The van der Waals surface area contributed by atoms with Crippen LogP contribution in [0.3, 0.4) is 0 Å². The first-order valence-corrected chi connectivity index (χ1v) is 9.27. The van der Waals surface area contributed by atoms with Crippen molar-refractivity contribution >= 4 is 21.9 Å². The van der Waals surface area contributed by atoms with Crippen molar-refractivity contribution < 1.29 is 0 Å². The highest BCUT2D eigenvalue weighted by Crippen LogP contribution is 2.28. The predicted molar refractivity (Wildman–Crippen MR) is 107 cm³/mol. The van der Waals surface area contributed by atoms with Crippen LogP contribution in [-0.4, -0.2) is 15.0 Å². The fourth-order valence-electron chi connectivity index (χ4n) is 3.42. The van der Waals surface area contributed by atoms with Crippen LogP contribution in [-0.2, 0) is 0 Å². The second kappa shape index (κ2) is 7.20. The molecule has 0 aliphatic rings. The Bertz CT molecular complexity index is 956. The summed E-state index contributed by atoms with van der Waals surface area (Å²) in [6.45, 7) is 4.55. The van der Waals surface area contributed by atoms with Gasteiger partial charge < -0.3 is 0 Å². The van der Waals surface area contributed by atoms with Crippen molar-refractivity contribution in [2.45, 2.75) is 38.5 Å². The highest BCUT2D eigenvalue weighted by molar-refractivity contribution is 5.79. The van der Waals surface area contributed by atoms with Crippen molar-refractivity contribution in [2.75, 3.05) is 0 Å². The van der Waals surface area contributed by atoms with E-state index in [0.717, 1.165) is 35.1 Å². The molecule has 0 spiro atoms. The lowest BCUT2D eigenvalue weighted by molar-refractivity contribution is 0.565. The van der Waals surface area contributed by atoms with Gasteiger partial charge in [-0.05, 0) is 60.6 Å². The van der Waals surface area contributed by atoms with Gasteiger partial charge in [-0.25, -0.2) is 4.98 Å². The Balaban J connectivity index is 1.46. The summed E-state index contributed by atoms with van der Waals surface area (Å²) in [6.07, 6.45) is 6.00. The van der Waals surface area contributed by atoms with Gasteiger partial charge in [0, 0.05) is 17.8 Å². The van der Waals surface area contributed by atoms with Crippen molar-refractivity contribution in [3.8, 4) is 0 Å². The summed E-state index contributed by atoms with van der Waals surface area (Å²) in [7, 11) is 0. The Labute approximate surface area is 154 Å². The number of nitrogens with zero attached hydrogens (tertiary/aromatic N) is 3. The summed E-state index contributed by atoms with van der Waals surface area (Å²) in [6, 6.07) is 18.8. The average Bonchev–Trinajstić information content (AvgIpc) is 2.71. The average molecular weight is 341 g/mol. The molecule has 2 aromatic carbocycles. The van der Waals surface area contributed by atoms with Gasteiger partial charge in [0.2, 0.25) is 0 Å². The molecule has 0 amide bonds. The second-order valence-corrected chi connectivity index (χ2v) is 7.12. The third kappa shape index (κ3) is 3.43. The largest absolute Gasteiger partial charge is 0.256 e. The Kier molecular flexibility index (Phi) is 4.61. The van der Waals surface area contributed by atoms with E-state index >= 15 is 0 Å². The molecule has 0 radical (unpaired) electrons. The van der Waals surface area contributed by atoms with Gasteiger partial charge in [-0.3, -0.25) is 9.97 Å².